The van der Waals surface area contributed by atoms with Crippen molar-refractivity contribution in [2.24, 2.45) is 0 Å². The van der Waals surface area contributed by atoms with Crippen molar-refractivity contribution in [2.75, 3.05) is 11.9 Å². The number of aryl methyl sites for hydroxylation is 1. The molecular weight excluding hydrogens is 230 g/mol. The molecule has 0 aromatic carbocycles. The van der Waals surface area contributed by atoms with E-state index in [0.717, 1.165) is 29.9 Å². The fourth-order valence-corrected chi connectivity index (χ4v) is 2.26. The lowest BCUT2D eigenvalue weighted by Gasteiger charge is -2.13. The van der Waals surface area contributed by atoms with E-state index < -0.39 is 0 Å². The Labute approximate surface area is 105 Å². The van der Waals surface area contributed by atoms with Crippen LogP contribution in [0.25, 0.3) is 5.65 Å². The van der Waals surface area contributed by atoms with Gasteiger partial charge in [-0.2, -0.15) is 0 Å². The summed E-state index contributed by atoms with van der Waals surface area (Å²) in [6.45, 7) is 2.64. The predicted molar refractivity (Wildman–Crippen MR) is 67.5 cm³/mol. The zero-order valence-electron chi connectivity index (χ0n) is 10.2. The number of ether oxygens (including phenoxy) is 1. The Morgan fingerprint density at radius 2 is 2.44 bits per heavy atom. The van der Waals surface area contributed by atoms with Crippen LogP contribution < -0.4 is 5.32 Å². The molecule has 0 aliphatic carbocycles. The smallest absolute Gasteiger partial charge is 0.253 e. The first kappa shape index (κ1) is 11.2. The molecule has 2 aromatic heterocycles. The van der Waals surface area contributed by atoms with E-state index in [4.69, 9.17) is 4.74 Å². The first-order valence-corrected chi connectivity index (χ1v) is 6.11. The molecule has 1 aliphatic heterocycles. The van der Waals surface area contributed by atoms with Crippen LogP contribution in [0, 0.1) is 6.92 Å². The summed E-state index contributed by atoms with van der Waals surface area (Å²) in [5.41, 5.74) is 2.65. The molecule has 1 amide bonds. The summed E-state index contributed by atoms with van der Waals surface area (Å²) >= 11 is 0. The lowest BCUT2D eigenvalue weighted by molar-refractivity contribution is -0.124. The van der Waals surface area contributed by atoms with Crippen LogP contribution in [-0.2, 0) is 9.53 Å². The first-order valence-electron chi connectivity index (χ1n) is 6.11. The maximum absolute atomic E-state index is 12.0. The van der Waals surface area contributed by atoms with E-state index in [9.17, 15) is 4.79 Å². The molecule has 1 aliphatic rings. The average Bonchev–Trinajstić information content (AvgIpc) is 3.02. The molecule has 1 N–H and O–H groups in total. The highest BCUT2D eigenvalue weighted by Gasteiger charge is 2.24. The van der Waals surface area contributed by atoms with Crippen LogP contribution in [0.1, 0.15) is 18.5 Å². The minimum Gasteiger partial charge on any atom is -0.368 e. The number of rotatable bonds is 2. The molecule has 18 heavy (non-hydrogen) atoms. The fourth-order valence-electron chi connectivity index (χ4n) is 2.26. The minimum atomic E-state index is -0.303. The predicted octanol–water partition coefficient (Wildman–Crippen LogP) is 1.76. The van der Waals surface area contributed by atoms with Gasteiger partial charge in [0, 0.05) is 24.7 Å². The van der Waals surface area contributed by atoms with Crippen LogP contribution in [0.4, 0.5) is 5.69 Å². The average molecular weight is 245 g/mol. The molecule has 1 unspecified atom stereocenters. The molecule has 0 bridgehead atoms. The van der Waals surface area contributed by atoms with Gasteiger partial charge in [0.2, 0.25) is 0 Å². The zero-order valence-corrected chi connectivity index (χ0v) is 10.2. The number of hydrogen-bond donors (Lipinski definition) is 1. The Bertz CT molecular complexity index is 585. The Hall–Kier alpha value is -1.88. The molecule has 0 saturated carbocycles. The molecule has 0 spiro atoms. The number of amides is 1. The van der Waals surface area contributed by atoms with Gasteiger partial charge in [-0.05, 0) is 31.9 Å². The Morgan fingerprint density at radius 1 is 1.56 bits per heavy atom. The number of aromatic nitrogens is 2. The van der Waals surface area contributed by atoms with Crippen LogP contribution >= 0.6 is 0 Å². The standard InChI is InChI=1S/C13H15N3O2/c1-9-10(4-5-12-14-6-7-16(9)12)15-13(17)11-3-2-8-18-11/h4-7,11H,2-3,8H2,1H3,(H,15,17). The van der Waals surface area contributed by atoms with E-state index in [-0.39, 0.29) is 12.0 Å². The topological polar surface area (TPSA) is 55.6 Å². The SMILES string of the molecule is Cc1c(NC(=O)C2CCCO2)ccc2nccn12. The Morgan fingerprint density at radius 3 is 3.22 bits per heavy atom. The third-order valence-corrected chi connectivity index (χ3v) is 3.30. The zero-order chi connectivity index (χ0) is 12.5. The largest absolute Gasteiger partial charge is 0.368 e. The third kappa shape index (κ3) is 1.86. The van der Waals surface area contributed by atoms with Gasteiger partial charge < -0.3 is 14.5 Å². The Kier molecular flexibility index (Phi) is 2.76. The molecular formula is C13H15N3O2. The summed E-state index contributed by atoms with van der Waals surface area (Å²) in [5.74, 6) is -0.0601. The maximum atomic E-state index is 12.0. The van der Waals surface area contributed by atoms with Crippen LogP contribution in [0.3, 0.4) is 0 Å². The highest BCUT2D eigenvalue weighted by Crippen LogP contribution is 2.19. The maximum Gasteiger partial charge on any atom is 0.253 e. The van der Waals surface area contributed by atoms with Crippen molar-refractivity contribution < 1.29 is 9.53 Å². The van der Waals surface area contributed by atoms with Crippen molar-refractivity contribution in [2.45, 2.75) is 25.9 Å². The summed E-state index contributed by atoms with van der Waals surface area (Å²) in [6, 6.07) is 3.77. The molecule has 1 fully saturated rings. The van der Waals surface area contributed by atoms with Crippen molar-refractivity contribution in [1.29, 1.82) is 0 Å². The van der Waals surface area contributed by atoms with Gasteiger partial charge in [-0.15, -0.1) is 0 Å². The monoisotopic (exact) mass is 245 g/mol. The van der Waals surface area contributed by atoms with Crippen molar-refractivity contribution in [3.8, 4) is 0 Å². The molecule has 2 aromatic rings. The summed E-state index contributed by atoms with van der Waals surface area (Å²) in [4.78, 5) is 16.2. The van der Waals surface area contributed by atoms with Gasteiger partial charge in [-0.25, -0.2) is 4.98 Å². The highest BCUT2D eigenvalue weighted by atomic mass is 16.5. The molecule has 5 heteroatoms. The number of fused-ring (bicyclic) bond motifs is 1. The first-order chi connectivity index (χ1) is 8.75. The van der Waals surface area contributed by atoms with Gasteiger partial charge in [-0.3, -0.25) is 4.79 Å². The quantitative estimate of drug-likeness (QED) is 0.877. The summed E-state index contributed by atoms with van der Waals surface area (Å²) in [5, 5.41) is 2.92. The van der Waals surface area contributed by atoms with Gasteiger partial charge in [0.1, 0.15) is 11.8 Å². The van der Waals surface area contributed by atoms with Crippen LogP contribution in [0.5, 0.6) is 0 Å². The summed E-state index contributed by atoms with van der Waals surface area (Å²) < 4.78 is 7.32. The second-order valence-corrected chi connectivity index (χ2v) is 4.48. The number of pyridine rings is 1. The third-order valence-electron chi connectivity index (χ3n) is 3.30. The molecule has 5 nitrogen and oxygen atoms in total. The number of anilines is 1. The number of hydrogen-bond acceptors (Lipinski definition) is 3. The number of imidazole rings is 1. The molecule has 3 rings (SSSR count). The molecule has 1 saturated heterocycles. The van der Waals surface area contributed by atoms with E-state index in [0.29, 0.717) is 6.61 Å². The van der Waals surface area contributed by atoms with Crippen LogP contribution in [0.15, 0.2) is 24.5 Å². The second-order valence-electron chi connectivity index (χ2n) is 4.48. The number of nitrogens with zero attached hydrogens (tertiary/aromatic N) is 2. The van der Waals surface area contributed by atoms with E-state index in [1.54, 1.807) is 6.20 Å². The van der Waals surface area contributed by atoms with Crippen molar-refractivity contribution >= 4 is 17.2 Å². The lowest BCUT2D eigenvalue weighted by atomic mass is 10.2. The highest BCUT2D eigenvalue weighted by molar-refractivity contribution is 5.94. The van der Waals surface area contributed by atoms with Crippen molar-refractivity contribution in [3.63, 3.8) is 0 Å². The van der Waals surface area contributed by atoms with Crippen molar-refractivity contribution in [3.05, 3.63) is 30.2 Å². The lowest BCUT2D eigenvalue weighted by Crippen LogP contribution is -2.27. The van der Waals surface area contributed by atoms with E-state index >= 15 is 0 Å². The minimum absolute atomic E-state index is 0.0601. The number of nitrogens with one attached hydrogen (secondary N) is 1. The van der Waals surface area contributed by atoms with Gasteiger partial charge in [0.05, 0.1) is 5.69 Å². The molecule has 3 heterocycles. The molecule has 1 atom stereocenters. The van der Waals surface area contributed by atoms with E-state index in [2.05, 4.69) is 10.3 Å². The van der Waals surface area contributed by atoms with Crippen molar-refractivity contribution in [1.82, 2.24) is 9.38 Å². The summed E-state index contributed by atoms with van der Waals surface area (Å²) in [7, 11) is 0. The molecule has 0 radical (unpaired) electrons. The van der Waals surface area contributed by atoms with Gasteiger partial charge in [-0.1, -0.05) is 0 Å². The number of carbonyl (C=O) groups is 1. The number of carbonyl (C=O) groups excluding carboxylic acids is 1. The van der Waals surface area contributed by atoms with E-state index in [1.807, 2.05) is 29.7 Å². The Balaban J connectivity index is 1.85. The van der Waals surface area contributed by atoms with Gasteiger partial charge >= 0.3 is 0 Å². The fraction of sp³-hybridized carbons (Fsp3) is 0.385. The van der Waals surface area contributed by atoms with Gasteiger partial charge in [0.15, 0.2) is 0 Å². The summed E-state index contributed by atoms with van der Waals surface area (Å²) in [6.07, 6.45) is 5.08. The second kappa shape index (κ2) is 4.42. The van der Waals surface area contributed by atoms with Crippen LogP contribution in [0.2, 0.25) is 0 Å². The van der Waals surface area contributed by atoms with Crippen LogP contribution in [-0.4, -0.2) is 28.0 Å². The molecule has 94 valence electrons. The normalized spacial score (nSPS) is 19.3. The van der Waals surface area contributed by atoms with E-state index in [1.165, 1.54) is 0 Å². The van der Waals surface area contributed by atoms with Gasteiger partial charge in [0.25, 0.3) is 5.91 Å².